The molecular weight excluding hydrogens is 436 g/mol. The first-order chi connectivity index (χ1) is 13.0. The number of nitrogens with two attached hydrogens (primary N) is 1. The number of allylic oxidation sites excluding steroid dienone is 1. The van der Waals surface area contributed by atoms with E-state index in [0.717, 1.165) is 17.3 Å². The maximum absolute atomic E-state index is 13.6. The van der Waals surface area contributed by atoms with Crippen molar-refractivity contribution in [3.63, 3.8) is 0 Å². The second kappa shape index (κ2) is 11.4. The maximum Gasteiger partial charge on any atom is 0.183 e. The Bertz CT molecular complexity index is 678. The summed E-state index contributed by atoms with van der Waals surface area (Å²) in [5.74, 6) is 0.290. The van der Waals surface area contributed by atoms with E-state index in [1.807, 2.05) is 0 Å². The van der Waals surface area contributed by atoms with E-state index < -0.39 is 17.5 Å². The number of nitrogens with one attached hydrogen (secondary N) is 1. The van der Waals surface area contributed by atoms with Crippen LogP contribution in [0.25, 0.3) is 0 Å². The smallest absolute Gasteiger partial charge is 0.183 e. The molecule has 6 nitrogen and oxygen atoms in total. The fourth-order valence-electron chi connectivity index (χ4n) is 2.05. The lowest BCUT2D eigenvalue weighted by atomic mass is 10.3. The van der Waals surface area contributed by atoms with Crippen molar-refractivity contribution in [2.75, 3.05) is 33.3 Å². The monoisotopic (exact) mass is 455 g/mol. The van der Waals surface area contributed by atoms with Crippen LogP contribution in [0.15, 0.2) is 32.7 Å². The molecule has 0 aromatic heterocycles. The van der Waals surface area contributed by atoms with E-state index >= 15 is 0 Å². The molecule has 1 saturated heterocycles. The Balaban J connectivity index is 2.18. The van der Waals surface area contributed by atoms with Gasteiger partial charge in [0.05, 0.1) is 27.0 Å². The van der Waals surface area contributed by atoms with Crippen molar-refractivity contribution in [1.29, 1.82) is 0 Å². The number of nitrogens with zero attached hydrogens (tertiary/aromatic N) is 1. The van der Waals surface area contributed by atoms with Gasteiger partial charge in [-0.3, -0.25) is 4.99 Å². The van der Waals surface area contributed by atoms with Crippen LogP contribution in [0.4, 0.5) is 4.39 Å². The molecule has 150 valence electrons. The summed E-state index contributed by atoms with van der Waals surface area (Å²) in [6.45, 7) is 0.882. The Kier molecular flexibility index (Phi) is 9.51. The van der Waals surface area contributed by atoms with E-state index in [1.54, 1.807) is 11.8 Å². The number of methoxy groups -OCH3 is 2. The molecule has 0 spiro atoms. The van der Waals surface area contributed by atoms with Crippen molar-refractivity contribution in [3.05, 3.63) is 38.7 Å². The molecule has 2 rings (SSSR count). The van der Waals surface area contributed by atoms with Crippen LogP contribution in [0.2, 0.25) is 10.0 Å². The second-order valence-corrected chi connectivity index (χ2v) is 8.32. The van der Waals surface area contributed by atoms with Crippen LogP contribution in [-0.4, -0.2) is 51.2 Å². The van der Waals surface area contributed by atoms with E-state index in [4.69, 9.17) is 43.1 Å². The highest BCUT2D eigenvalue weighted by molar-refractivity contribution is 8.03. The fourth-order valence-corrected chi connectivity index (χ4v) is 4.56. The van der Waals surface area contributed by atoms with E-state index in [-0.39, 0.29) is 16.8 Å². The van der Waals surface area contributed by atoms with Gasteiger partial charge in [-0.15, -0.1) is 11.8 Å². The van der Waals surface area contributed by atoms with E-state index in [0.29, 0.717) is 10.6 Å². The molecular formula is C16H20Cl2FN3O3S2. The van der Waals surface area contributed by atoms with Crippen molar-refractivity contribution in [1.82, 2.24) is 5.32 Å². The summed E-state index contributed by atoms with van der Waals surface area (Å²) in [6.07, 6.45) is 0.835. The standard InChI is InChI=1S/C16H20Cl2FN3O3S2/c1-23-8-25-16(27-9-5-10(17)13(19)11(18)6-9)14(24-2)22-7-12(20)15-21-3-4-26-15/h5-7,14,16,21H,3-4,8,20H2,1-2H3/b15-12-,22-7+. The Hall–Kier alpha value is -0.680. The molecule has 1 fully saturated rings. The summed E-state index contributed by atoms with van der Waals surface area (Å²) in [4.78, 5) is 4.97. The second-order valence-electron chi connectivity index (χ2n) is 5.22. The topological polar surface area (TPSA) is 78.1 Å². The maximum atomic E-state index is 13.6. The van der Waals surface area contributed by atoms with Gasteiger partial charge in [-0.25, -0.2) is 4.39 Å². The van der Waals surface area contributed by atoms with Crippen LogP contribution in [0.5, 0.6) is 0 Å². The van der Waals surface area contributed by atoms with E-state index in [9.17, 15) is 4.39 Å². The number of rotatable bonds is 9. The van der Waals surface area contributed by atoms with Gasteiger partial charge in [0.1, 0.15) is 6.79 Å². The molecule has 3 N–H and O–H groups in total. The molecule has 1 heterocycles. The van der Waals surface area contributed by atoms with Crippen molar-refractivity contribution in [2.24, 2.45) is 10.7 Å². The van der Waals surface area contributed by atoms with Gasteiger partial charge in [0.2, 0.25) is 0 Å². The van der Waals surface area contributed by atoms with Gasteiger partial charge in [0.15, 0.2) is 17.5 Å². The largest absolute Gasteiger partial charge is 0.395 e. The summed E-state index contributed by atoms with van der Waals surface area (Å²) >= 11 is 14.6. The number of hydrogen-bond acceptors (Lipinski definition) is 8. The molecule has 27 heavy (non-hydrogen) atoms. The minimum absolute atomic E-state index is 0.0175. The average Bonchev–Trinajstić information content (AvgIpc) is 3.18. The van der Waals surface area contributed by atoms with Crippen LogP contribution in [0.1, 0.15) is 0 Å². The Morgan fingerprint density at radius 1 is 1.44 bits per heavy atom. The zero-order valence-corrected chi connectivity index (χ0v) is 17.9. The van der Waals surface area contributed by atoms with Gasteiger partial charge < -0.3 is 25.3 Å². The fraction of sp³-hybridized carbons (Fsp3) is 0.438. The number of benzene rings is 1. The molecule has 0 radical (unpaired) electrons. The molecule has 1 aromatic carbocycles. The van der Waals surface area contributed by atoms with Crippen LogP contribution in [0.3, 0.4) is 0 Å². The molecule has 0 aliphatic carbocycles. The van der Waals surface area contributed by atoms with Crippen LogP contribution in [-0.2, 0) is 14.2 Å². The molecule has 0 saturated carbocycles. The highest BCUT2D eigenvalue weighted by atomic mass is 35.5. The van der Waals surface area contributed by atoms with Crippen molar-refractivity contribution in [3.8, 4) is 0 Å². The van der Waals surface area contributed by atoms with Crippen molar-refractivity contribution in [2.45, 2.75) is 16.6 Å². The molecule has 1 aliphatic rings. The van der Waals surface area contributed by atoms with Crippen LogP contribution in [0, 0.1) is 5.82 Å². The molecule has 0 bridgehead atoms. The van der Waals surface area contributed by atoms with Crippen molar-refractivity contribution >= 4 is 52.9 Å². The molecule has 2 atom stereocenters. The van der Waals surface area contributed by atoms with Gasteiger partial charge in [0, 0.05) is 31.4 Å². The highest BCUT2D eigenvalue weighted by Gasteiger charge is 2.24. The molecule has 1 aliphatic heterocycles. The Labute approximate surface area is 176 Å². The SMILES string of the molecule is COCOC(Sc1cc(Cl)c(F)c(Cl)c1)C(/N=C/C(N)=C1\NCCS1)OC. The lowest BCUT2D eigenvalue weighted by molar-refractivity contribution is -0.0828. The Morgan fingerprint density at radius 3 is 2.70 bits per heavy atom. The number of hydrogen-bond donors (Lipinski definition) is 2. The lowest BCUT2D eigenvalue weighted by Crippen LogP contribution is -2.28. The number of ether oxygens (including phenoxy) is 3. The summed E-state index contributed by atoms with van der Waals surface area (Å²) in [5.41, 5.74) is 5.94. The first-order valence-corrected chi connectivity index (χ1v) is 10.4. The molecule has 0 amide bonds. The van der Waals surface area contributed by atoms with E-state index in [1.165, 1.54) is 44.3 Å². The predicted molar refractivity (Wildman–Crippen MR) is 110 cm³/mol. The van der Waals surface area contributed by atoms with Gasteiger partial charge in [-0.2, -0.15) is 0 Å². The van der Waals surface area contributed by atoms with E-state index in [2.05, 4.69) is 10.3 Å². The minimum Gasteiger partial charge on any atom is -0.395 e. The van der Waals surface area contributed by atoms with Gasteiger partial charge in [-0.05, 0) is 12.1 Å². The third-order valence-electron chi connectivity index (χ3n) is 3.29. The quantitative estimate of drug-likeness (QED) is 0.254. The van der Waals surface area contributed by atoms with Crippen LogP contribution >= 0.6 is 46.7 Å². The summed E-state index contributed by atoms with van der Waals surface area (Å²) in [5, 5.41) is 3.91. The summed E-state index contributed by atoms with van der Waals surface area (Å²) < 4.78 is 29.7. The molecule has 1 aromatic rings. The average molecular weight is 456 g/mol. The highest BCUT2D eigenvalue weighted by Crippen LogP contribution is 2.34. The summed E-state index contributed by atoms with van der Waals surface area (Å²) in [6, 6.07) is 2.92. The first-order valence-electron chi connectivity index (χ1n) is 7.80. The normalized spacial score (nSPS) is 18.6. The molecule has 2 unspecified atom stereocenters. The number of thioether (sulfide) groups is 2. The van der Waals surface area contributed by atoms with Crippen molar-refractivity contribution < 1.29 is 18.6 Å². The first kappa shape index (κ1) is 22.6. The van der Waals surface area contributed by atoms with Gasteiger partial charge >= 0.3 is 0 Å². The zero-order valence-electron chi connectivity index (χ0n) is 14.7. The van der Waals surface area contributed by atoms with Gasteiger partial charge in [0.25, 0.3) is 0 Å². The number of aliphatic imine (C=N–C) groups is 1. The zero-order chi connectivity index (χ0) is 19.8. The minimum atomic E-state index is -0.696. The third kappa shape index (κ3) is 6.70. The lowest BCUT2D eigenvalue weighted by Gasteiger charge is -2.23. The van der Waals surface area contributed by atoms with Gasteiger partial charge in [-0.1, -0.05) is 35.0 Å². The number of halogens is 3. The summed E-state index contributed by atoms with van der Waals surface area (Å²) in [7, 11) is 3.01. The Morgan fingerprint density at radius 2 is 2.15 bits per heavy atom. The van der Waals surface area contributed by atoms with Crippen LogP contribution < -0.4 is 11.1 Å². The third-order valence-corrected chi connectivity index (χ3v) is 6.03. The molecule has 11 heteroatoms. The predicted octanol–water partition coefficient (Wildman–Crippen LogP) is 3.68.